The molecule has 0 bridgehead atoms. The molecule has 1 aliphatic heterocycles. The van der Waals surface area contributed by atoms with E-state index in [1.807, 2.05) is 24.5 Å². The second-order valence-electron chi connectivity index (χ2n) is 6.50. The van der Waals surface area contributed by atoms with Crippen molar-refractivity contribution >= 4 is 5.69 Å². The summed E-state index contributed by atoms with van der Waals surface area (Å²) in [4.78, 5) is 4.33. The number of fused-ring (bicyclic) bond motifs is 1. The second-order valence-corrected chi connectivity index (χ2v) is 6.50. The van der Waals surface area contributed by atoms with Crippen molar-refractivity contribution in [2.24, 2.45) is 5.92 Å². The number of pyridine rings is 1. The predicted molar refractivity (Wildman–Crippen MR) is 91.6 cm³/mol. The maximum Gasteiger partial charge on any atom is 0.118 e. The van der Waals surface area contributed by atoms with E-state index in [0.717, 1.165) is 5.75 Å². The third-order valence-corrected chi connectivity index (χ3v) is 5.14. The molecule has 0 amide bonds. The highest BCUT2D eigenvalue weighted by atomic mass is 16.5. The van der Waals surface area contributed by atoms with Crippen LogP contribution in [0.5, 0.6) is 5.75 Å². The average molecular weight is 309 g/mol. The topological polar surface area (TPSA) is 46.2 Å². The minimum atomic E-state index is 0.177. The van der Waals surface area contributed by atoms with Crippen LogP contribution in [-0.2, 0) is 0 Å². The van der Waals surface area contributed by atoms with Crippen molar-refractivity contribution in [1.82, 2.24) is 10.3 Å². The van der Waals surface area contributed by atoms with E-state index >= 15 is 0 Å². The number of nitrogens with one attached hydrogen (secondary N) is 2. The van der Waals surface area contributed by atoms with Crippen LogP contribution in [0.2, 0.25) is 0 Å². The molecular weight excluding hydrogens is 286 g/mol. The van der Waals surface area contributed by atoms with Crippen LogP contribution >= 0.6 is 0 Å². The Morgan fingerprint density at radius 1 is 1.09 bits per heavy atom. The molecule has 1 aromatic heterocycles. The van der Waals surface area contributed by atoms with Crippen molar-refractivity contribution in [2.45, 2.75) is 37.9 Å². The van der Waals surface area contributed by atoms with Gasteiger partial charge in [0.2, 0.25) is 0 Å². The van der Waals surface area contributed by atoms with Crippen LogP contribution in [-0.4, -0.2) is 18.3 Å². The molecule has 23 heavy (non-hydrogen) atoms. The number of hydrogen-bond donors (Lipinski definition) is 2. The van der Waals surface area contributed by atoms with Crippen LogP contribution in [0.1, 0.15) is 42.9 Å². The van der Waals surface area contributed by atoms with E-state index in [2.05, 4.69) is 33.8 Å². The zero-order valence-electron chi connectivity index (χ0n) is 13.5. The van der Waals surface area contributed by atoms with Crippen LogP contribution in [0.3, 0.4) is 0 Å². The highest BCUT2D eigenvalue weighted by molar-refractivity contribution is 5.56. The first-order chi connectivity index (χ1) is 11.3. The van der Waals surface area contributed by atoms with E-state index in [1.54, 1.807) is 7.11 Å². The summed E-state index contributed by atoms with van der Waals surface area (Å²) in [6.07, 6.45) is 9.48. The number of rotatable bonds is 3. The van der Waals surface area contributed by atoms with E-state index in [-0.39, 0.29) is 6.04 Å². The maximum absolute atomic E-state index is 5.28. The van der Waals surface area contributed by atoms with E-state index < -0.39 is 0 Å². The van der Waals surface area contributed by atoms with Gasteiger partial charge in [-0.05, 0) is 42.5 Å². The molecule has 1 fully saturated rings. The molecule has 2 atom stereocenters. The third kappa shape index (κ3) is 2.79. The number of methoxy groups -OCH3 is 1. The number of hydrogen-bond acceptors (Lipinski definition) is 4. The first-order valence-corrected chi connectivity index (χ1v) is 8.45. The van der Waals surface area contributed by atoms with Crippen LogP contribution in [0.4, 0.5) is 5.69 Å². The van der Waals surface area contributed by atoms with Gasteiger partial charge in [-0.3, -0.25) is 10.3 Å². The van der Waals surface area contributed by atoms with Crippen molar-refractivity contribution in [2.75, 3.05) is 12.4 Å². The van der Waals surface area contributed by atoms with Gasteiger partial charge in [0, 0.05) is 23.6 Å². The third-order valence-electron chi connectivity index (χ3n) is 5.14. The summed E-state index contributed by atoms with van der Waals surface area (Å²) in [5.74, 6) is 1.60. The Kier molecular flexibility index (Phi) is 3.92. The molecule has 0 spiro atoms. The monoisotopic (exact) mass is 309 g/mol. The molecule has 1 aliphatic carbocycles. The van der Waals surface area contributed by atoms with Crippen molar-refractivity contribution < 1.29 is 4.74 Å². The van der Waals surface area contributed by atoms with Gasteiger partial charge in [-0.15, -0.1) is 0 Å². The van der Waals surface area contributed by atoms with Gasteiger partial charge < -0.3 is 10.1 Å². The largest absolute Gasteiger partial charge is 0.497 e. The second kappa shape index (κ2) is 6.20. The Labute approximate surface area is 137 Å². The van der Waals surface area contributed by atoms with Gasteiger partial charge in [-0.1, -0.05) is 25.0 Å². The molecule has 1 saturated carbocycles. The zero-order chi connectivity index (χ0) is 15.6. The number of nitrogens with zero attached hydrogens (tertiary/aromatic N) is 1. The number of aromatic nitrogens is 1. The number of ether oxygens (including phenoxy) is 1. The van der Waals surface area contributed by atoms with Crippen LogP contribution in [0.15, 0.2) is 42.7 Å². The van der Waals surface area contributed by atoms with Gasteiger partial charge in [-0.25, -0.2) is 0 Å². The number of anilines is 1. The lowest BCUT2D eigenvalue weighted by Crippen LogP contribution is -2.47. The Morgan fingerprint density at radius 2 is 1.87 bits per heavy atom. The van der Waals surface area contributed by atoms with Gasteiger partial charge in [0.15, 0.2) is 0 Å². The van der Waals surface area contributed by atoms with Gasteiger partial charge in [0.05, 0.1) is 19.3 Å². The molecule has 1 aromatic carbocycles. The highest BCUT2D eigenvalue weighted by Crippen LogP contribution is 2.37. The van der Waals surface area contributed by atoms with Crippen molar-refractivity contribution in [3.63, 3.8) is 0 Å². The summed E-state index contributed by atoms with van der Waals surface area (Å²) in [6, 6.07) is 10.6. The smallest absolute Gasteiger partial charge is 0.118 e. The SMILES string of the molecule is COc1ccc(C2NC(C3CCCC3)Nc3ccncc32)cc1. The lowest BCUT2D eigenvalue weighted by atomic mass is 9.93. The molecule has 2 N–H and O–H groups in total. The average Bonchev–Trinajstić information content (AvgIpc) is 3.15. The highest BCUT2D eigenvalue weighted by Gasteiger charge is 2.32. The van der Waals surface area contributed by atoms with Crippen molar-refractivity contribution in [3.8, 4) is 5.75 Å². The molecule has 4 heteroatoms. The molecule has 120 valence electrons. The minimum Gasteiger partial charge on any atom is -0.497 e. The fourth-order valence-corrected chi connectivity index (χ4v) is 3.86. The standard InChI is InChI=1S/C19H23N3O/c1-23-15-8-6-13(7-9-15)18-16-12-20-11-10-17(16)21-19(22-18)14-4-2-3-5-14/h6-12,14,18-19,21-22H,2-5H2,1H3. The molecule has 0 radical (unpaired) electrons. The summed E-state index contributed by atoms with van der Waals surface area (Å²) in [5, 5.41) is 7.50. The quantitative estimate of drug-likeness (QED) is 0.907. The number of benzene rings is 1. The van der Waals surface area contributed by atoms with E-state index in [9.17, 15) is 0 Å². The lowest BCUT2D eigenvalue weighted by molar-refractivity contribution is 0.358. The lowest BCUT2D eigenvalue weighted by Gasteiger charge is -2.37. The summed E-state index contributed by atoms with van der Waals surface area (Å²) < 4.78 is 5.28. The molecule has 2 aromatic rings. The van der Waals surface area contributed by atoms with Gasteiger partial charge >= 0.3 is 0 Å². The molecule has 2 unspecified atom stereocenters. The normalized spacial score (nSPS) is 24.0. The predicted octanol–water partition coefficient (Wildman–Crippen LogP) is 3.71. The summed E-state index contributed by atoms with van der Waals surface area (Å²) in [5.41, 5.74) is 3.67. The summed E-state index contributed by atoms with van der Waals surface area (Å²) in [7, 11) is 1.70. The van der Waals surface area contributed by atoms with Gasteiger partial charge in [-0.2, -0.15) is 0 Å². The summed E-state index contributed by atoms with van der Waals surface area (Å²) in [6.45, 7) is 0. The van der Waals surface area contributed by atoms with Crippen LogP contribution < -0.4 is 15.4 Å². The molecule has 2 aliphatic rings. The zero-order valence-corrected chi connectivity index (χ0v) is 13.5. The minimum absolute atomic E-state index is 0.177. The van der Waals surface area contributed by atoms with Crippen LogP contribution in [0, 0.1) is 5.92 Å². The molecule has 4 rings (SSSR count). The van der Waals surface area contributed by atoms with E-state index in [0.29, 0.717) is 12.1 Å². The van der Waals surface area contributed by atoms with Crippen LogP contribution in [0.25, 0.3) is 0 Å². The molecule has 4 nitrogen and oxygen atoms in total. The fourth-order valence-electron chi connectivity index (χ4n) is 3.86. The Bertz CT molecular complexity index is 665. The summed E-state index contributed by atoms with van der Waals surface area (Å²) >= 11 is 0. The Morgan fingerprint density at radius 3 is 2.61 bits per heavy atom. The van der Waals surface area contributed by atoms with Crippen molar-refractivity contribution in [1.29, 1.82) is 0 Å². The first-order valence-electron chi connectivity index (χ1n) is 8.45. The molecule has 0 saturated heterocycles. The molecular formula is C19H23N3O. The molecule has 2 heterocycles. The van der Waals surface area contributed by atoms with E-state index in [1.165, 1.54) is 42.5 Å². The first kappa shape index (κ1) is 14.5. The van der Waals surface area contributed by atoms with Gasteiger partial charge in [0.1, 0.15) is 5.75 Å². The van der Waals surface area contributed by atoms with Gasteiger partial charge in [0.25, 0.3) is 0 Å². The maximum atomic E-state index is 5.28. The fraction of sp³-hybridized carbons (Fsp3) is 0.421. The Balaban J connectivity index is 1.68. The Hall–Kier alpha value is -2.07. The van der Waals surface area contributed by atoms with Crippen molar-refractivity contribution in [3.05, 3.63) is 53.9 Å². The van der Waals surface area contributed by atoms with E-state index in [4.69, 9.17) is 4.74 Å².